The molecule has 2 heterocycles. The lowest BCUT2D eigenvalue weighted by Gasteiger charge is -2.18. The maximum atomic E-state index is 2.47. The summed E-state index contributed by atoms with van der Waals surface area (Å²) in [6, 6.07) is 52.3. The number of allylic oxidation sites excluding steroid dienone is 1. The van der Waals surface area contributed by atoms with Crippen LogP contribution in [0.3, 0.4) is 0 Å². The van der Waals surface area contributed by atoms with E-state index in [1.54, 1.807) is 0 Å². The third-order valence-electron chi connectivity index (χ3n) is 11.6. The van der Waals surface area contributed by atoms with Crippen LogP contribution in [0.2, 0.25) is 0 Å². The maximum absolute atomic E-state index is 2.47. The van der Waals surface area contributed by atoms with Crippen LogP contribution in [0.1, 0.15) is 36.5 Å². The number of benzene rings is 8. The van der Waals surface area contributed by atoms with Gasteiger partial charge in [0.1, 0.15) is 0 Å². The highest BCUT2D eigenvalue weighted by molar-refractivity contribution is 7.26. The van der Waals surface area contributed by atoms with E-state index in [1.807, 2.05) is 22.7 Å². The van der Waals surface area contributed by atoms with Gasteiger partial charge >= 0.3 is 0 Å². The standard InChI is InChI=1S/C52H36S2/c1-31(35-22-24-43-48(28-35)54-47-25-23-36-29-49-45(30-44(36)52(43)47)38-14-10-11-19-46(38)53-49)26-34-20-21-37(27-32(34)2)51-41-17-8-6-15-39(41)50(33-12-4-3-5-13-33)40-16-7-9-18-42(40)51/h3-6,8,10-30H,7,9H2,1-2H3/b31-26+. The zero-order chi connectivity index (χ0) is 35.9. The molecule has 0 nitrogen and oxygen atoms in total. The first-order valence-electron chi connectivity index (χ1n) is 18.9. The fourth-order valence-corrected chi connectivity index (χ4v) is 11.3. The zero-order valence-corrected chi connectivity index (χ0v) is 31.9. The fraction of sp³-hybridized carbons (Fsp3) is 0.0769. The van der Waals surface area contributed by atoms with Crippen LogP contribution in [0.25, 0.3) is 108 Å². The van der Waals surface area contributed by atoms with Crippen LogP contribution in [-0.4, -0.2) is 0 Å². The molecule has 0 unspecified atom stereocenters. The molecule has 0 saturated heterocycles. The van der Waals surface area contributed by atoms with Gasteiger partial charge in [-0.25, -0.2) is 0 Å². The van der Waals surface area contributed by atoms with Gasteiger partial charge in [0.05, 0.1) is 0 Å². The van der Waals surface area contributed by atoms with Crippen molar-refractivity contribution in [1.29, 1.82) is 0 Å². The lowest BCUT2D eigenvalue weighted by molar-refractivity contribution is 1.12. The molecule has 0 bridgehead atoms. The van der Waals surface area contributed by atoms with E-state index in [1.165, 1.54) is 117 Å². The molecule has 2 heteroatoms. The summed E-state index contributed by atoms with van der Waals surface area (Å²) >= 11 is 3.80. The van der Waals surface area contributed by atoms with Gasteiger partial charge in [-0.3, -0.25) is 0 Å². The Labute approximate surface area is 322 Å². The number of thiophene rings is 2. The molecular formula is C52H36S2. The van der Waals surface area contributed by atoms with Crippen LogP contribution in [0.15, 0.2) is 140 Å². The third-order valence-corrected chi connectivity index (χ3v) is 13.8. The van der Waals surface area contributed by atoms with Crippen molar-refractivity contribution in [3.05, 3.63) is 167 Å². The Hall–Kier alpha value is -5.80. The molecule has 0 atom stereocenters. The van der Waals surface area contributed by atoms with Crippen molar-refractivity contribution >= 4 is 108 Å². The molecule has 0 amide bonds. The van der Waals surface area contributed by atoms with E-state index >= 15 is 0 Å². The Morgan fingerprint density at radius 3 is 1.96 bits per heavy atom. The fourth-order valence-electron chi connectivity index (χ4n) is 8.96. The number of rotatable bonds is 4. The molecule has 0 aliphatic heterocycles. The minimum absolute atomic E-state index is 1.07. The van der Waals surface area contributed by atoms with Gasteiger partial charge in [0.25, 0.3) is 0 Å². The molecule has 256 valence electrons. The first-order valence-corrected chi connectivity index (χ1v) is 20.5. The summed E-state index contributed by atoms with van der Waals surface area (Å²) in [5, 5.41) is 13.5. The summed E-state index contributed by atoms with van der Waals surface area (Å²) < 4.78 is 5.41. The predicted molar refractivity (Wildman–Crippen MR) is 240 cm³/mol. The smallest absolute Gasteiger partial charge is 0.0361 e. The first-order chi connectivity index (χ1) is 26.6. The monoisotopic (exact) mass is 724 g/mol. The van der Waals surface area contributed by atoms with E-state index in [0.717, 1.165) is 12.8 Å². The van der Waals surface area contributed by atoms with Crippen molar-refractivity contribution in [3.8, 4) is 22.3 Å². The van der Waals surface area contributed by atoms with Gasteiger partial charge < -0.3 is 0 Å². The number of fused-ring (bicyclic) bond motifs is 10. The highest BCUT2D eigenvalue weighted by Gasteiger charge is 2.17. The molecule has 8 aromatic carbocycles. The van der Waals surface area contributed by atoms with E-state index in [9.17, 15) is 0 Å². The molecule has 1 aliphatic rings. The van der Waals surface area contributed by atoms with Crippen molar-refractivity contribution in [2.24, 2.45) is 0 Å². The molecule has 11 rings (SSSR count). The highest BCUT2D eigenvalue weighted by Crippen LogP contribution is 2.43. The van der Waals surface area contributed by atoms with E-state index in [2.05, 4.69) is 172 Å². The topological polar surface area (TPSA) is 0 Å². The summed E-state index contributed by atoms with van der Waals surface area (Å²) in [5.74, 6) is 0. The minimum Gasteiger partial charge on any atom is -0.135 e. The summed E-state index contributed by atoms with van der Waals surface area (Å²) in [6.45, 7) is 4.52. The van der Waals surface area contributed by atoms with Gasteiger partial charge in [-0.1, -0.05) is 127 Å². The highest BCUT2D eigenvalue weighted by atomic mass is 32.1. The van der Waals surface area contributed by atoms with Crippen LogP contribution in [0.5, 0.6) is 0 Å². The van der Waals surface area contributed by atoms with Crippen molar-refractivity contribution in [3.63, 3.8) is 0 Å². The molecule has 0 N–H and O–H groups in total. The molecule has 0 spiro atoms. The van der Waals surface area contributed by atoms with Gasteiger partial charge in [-0.2, -0.15) is 0 Å². The Morgan fingerprint density at radius 2 is 1.19 bits per heavy atom. The third kappa shape index (κ3) is 4.94. The normalized spacial score (nSPS) is 13.3. The van der Waals surface area contributed by atoms with Crippen LogP contribution < -0.4 is 10.4 Å². The average molecular weight is 725 g/mol. The van der Waals surface area contributed by atoms with Crippen molar-refractivity contribution in [2.75, 3.05) is 0 Å². The minimum atomic E-state index is 1.07. The van der Waals surface area contributed by atoms with Crippen molar-refractivity contribution in [1.82, 2.24) is 0 Å². The first kappa shape index (κ1) is 31.7. The quantitative estimate of drug-likeness (QED) is 0.159. The Bertz CT molecular complexity index is 3330. The Balaban J connectivity index is 0.998. The van der Waals surface area contributed by atoms with Gasteiger partial charge in [-0.15, -0.1) is 22.7 Å². The maximum Gasteiger partial charge on any atom is 0.0361 e. The summed E-state index contributed by atoms with van der Waals surface area (Å²) in [7, 11) is 0. The lowest BCUT2D eigenvalue weighted by atomic mass is 9.85. The van der Waals surface area contributed by atoms with Crippen LogP contribution in [0.4, 0.5) is 0 Å². The Morgan fingerprint density at radius 1 is 0.500 bits per heavy atom. The predicted octanol–water partition coefficient (Wildman–Crippen LogP) is 14.3. The summed E-state index contributed by atoms with van der Waals surface area (Å²) in [5.41, 5.74) is 10.4. The summed E-state index contributed by atoms with van der Waals surface area (Å²) in [4.78, 5) is 0. The summed E-state index contributed by atoms with van der Waals surface area (Å²) in [6.07, 6.45) is 9.44. The lowest BCUT2D eigenvalue weighted by Crippen LogP contribution is -2.31. The number of hydrogen-bond acceptors (Lipinski definition) is 2. The molecule has 1 aliphatic carbocycles. The second kappa shape index (κ2) is 12.4. The number of hydrogen-bond donors (Lipinski definition) is 0. The number of aryl methyl sites for hydroxylation is 1. The molecule has 54 heavy (non-hydrogen) atoms. The Kier molecular flexibility index (Phi) is 7.27. The molecular weight excluding hydrogens is 689 g/mol. The molecule has 0 saturated carbocycles. The van der Waals surface area contributed by atoms with E-state index < -0.39 is 0 Å². The van der Waals surface area contributed by atoms with E-state index in [0.29, 0.717) is 0 Å². The molecule has 0 fully saturated rings. The van der Waals surface area contributed by atoms with Gasteiger partial charge in [0.2, 0.25) is 0 Å². The van der Waals surface area contributed by atoms with Crippen molar-refractivity contribution < 1.29 is 0 Å². The van der Waals surface area contributed by atoms with Crippen LogP contribution in [0, 0.1) is 6.92 Å². The van der Waals surface area contributed by atoms with Gasteiger partial charge in [0, 0.05) is 40.3 Å². The van der Waals surface area contributed by atoms with Gasteiger partial charge in [0.15, 0.2) is 0 Å². The largest absolute Gasteiger partial charge is 0.135 e. The van der Waals surface area contributed by atoms with Crippen molar-refractivity contribution in [2.45, 2.75) is 26.7 Å². The second-order valence-corrected chi connectivity index (χ2v) is 17.0. The van der Waals surface area contributed by atoms with Crippen LogP contribution in [-0.2, 0) is 0 Å². The molecule has 10 aromatic rings. The van der Waals surface area contributed by atoms with E-state index in [-0.39, 0.29) is 0 Å². The molecule has 0 radical (unpaired) electrons. The van der Waals surface area contributed by atoms with Gasteiger partial charge in [-0.05, 0) is 134 Å². The average Bonchev–Trinajstić information content (AvgIpc) is 3.77. The zero-order valence-electron chi connectivity index (χ0n) is 30.2. The second-order valence-electron chi connectivity index (χ2n) is 14.8. The molecule has 2 aromatic heterocycles. The van der Waals surface area contributed by atoms with Crippen LogP contribution >= 0.6 is 22.7 Å². The van der Waals surface area contributed by atoms with E-state index in [4.69, 9.17) is 0 Å². The SMILES string of the molecule is C/C(=C\c1ccc(-c2c3c(c(-c4ccccc4)c4ccccc24)=CCCC=3)cc1C)c1ccc2c(c1)sc1ccc3cc4sc5ccccc5c4cc3c12.